The summed E-state index contributed by atoms with van der Waals surface area (Å²) in [5.41, 5.74) is -0.743. The van der Waals surface area contributed by atoms with Gasteiger partial charge >= 0.3 is 6.18 Å². The predicted octanol–water partition coefficient (Wildman–Crippen LogP) is 3.80. The lowest BCUT2D eigenvalue weighted by Gasteiger charge is -2.22. The first-order chi connectivity index (χ1) is 12.8. The largest absolute Gasteiger partial charge is 0.436 e. The number of hydrogen-bond acceptors (Lipinski definition) is 5. The minimum atomic E-state index is -4.52. The van der Waals surface area contributed by atoms with Gasteiger partial charge in [0.25, 0.3) is 5.91 Å². The molecule has 2 heterocycles. The highest BCUT2D eigenvalue weighted by molar-refractivity contribution is 5.94. The Balaban J connectivity index is 0.00000210. The van der Waals surface area contributed by atoms with E-state index in [9.17, 15) is 22.4 Å². The third kappa shape index (κ3) is 6.70. The lowest BCUT2D eigenvalue weighted by Crippen LogP contribution is -2.45. The number of carbonyl (C=O) groups excluding carboxylic acids is 1. The van der Waals surface area contributed by atoms with Gasteiger partial charge < -0.3 is 20.1 Å². The second-order valence-electron chi connectivity index (χ2n) is 5.68. The van der Waals surface area contributed by atoms with E-state index in [2.05, 4.69) is 15.6 Å². The molecule has 0 radical (unpaired) electrons. The number of carbonyl (C=O) groups is 1. The average Bonchev–Trinajstić information content (AvgIpc) is 2.64. The molecule has 12 heteroatoms. The quantitative estimate of drug-likeness (QED) is 0.683. The van der Waals surface area contributed by atoms with Crippen LogP contribution in [-0.4, -0.2) is 36.7 Å². The molecular formula is C17H17Cl2F4N3O3. The van der Waals surface area contributed by atoms with Gasteiger partial charge in [0.1, 0.15) is 6.10 Å². The van der Waals surface area contributed by atoms with Crippen molar-refractivity contribution in [1.82, 2.24) is 10.3 Å². The normalized spacial score (nSPS) is 16.2. The predicted molar refractivity (Wildman–Crippen MR) is 101 cm³/mol. The molecule has 0 aliphatic carbocycles. The molecule has 1 atom stereocenters. The van der Waals surface area contributed by atoms with Crippen LogP contribution in [0.2, 0.25) is 0 Å². The average molecular weight is 458 g/mol. The van der Waals surface area contributed by atoms with Crippen molar-refractivity contribution in [3.8, 4) is 11.6 Å². The Kier molecular flexibility index (Phi) is 9.09. The van der Waals surface area contributed by atoms with Gasteiger partial charge in [-0.3, -0.25) is 4.79 Å². The first-order valence-corrected chi connectivity index (χ1v) is 7.97. The molecule has 6 nitrogen and oxygen atoms in total. The van der Waals surface area contributed by atoms with Crippen LogP contribution in [-0.2, 0) is 15.7 Å². The zero-order chi connectivity index (χ0) is 19.4. The fourth-order valence-corrected chi connectivity index (χ4v) is 2.34. The van der Waals surface area contributed by atoms with Crippen molar-refractivity contribution in [2.24, 2.45) is 0 Å². The highest BCUT2D eigenvalue weighted by atomic mass is 35.5. The number of hydrogen-bond donors (Lipinski definition) is 2. The van der Waals surface area contributed by atoms with Crippen LogP contribution < -0.4 is 15.4 Å². The van der Waals surface area contributed by atoms with E-state index in [0.29, 0.717) is 25.9 Å². The summed E-state index contributed by atoms with van der Waals surface area (Å²) in [5, 5.41) is 5.53. The molecule has 0 bridgehead atoms. The van der Waals surface area contributed by atoms with Gasteiger partial charge in [0.2, 0.25) is 5.88 Å². The third-order valence-corrected chi connectivity index (χ3v) is 3.70. The molecular weight excluding hydrogens is 441 g/mol. The Bertz CT molecular complexity index is 817. The number of anilines is 1. The van der Waals surface area contributed by atoms with Crippen LogP contribution in [0.4, 0.5) is 23.2 Å². The van der Waals surface area contributed by atoms with Crippen molar-refractivity contribution in [2.75, 3.05) is 25.0 Å². The fourth-order valence-electron chi connectivity index (χ4n) is 2.34. The Morgan fingerprint density at radius 2 is 2.00 bits per heavy atom. The fraction of sp³-hybridized carbons (Fsp3) is 0.294. The van der Waals surface area contributed by atoms with E-state index in [0.717, 1.165) is 18.2 Å². The van der Waals surface area contributed by atoms with Gasteiger partial charge in [0, 0.05) is 37.1 Å². The highest BCUT2D eigenvalue weighted by Crippen LogP contribution is 2.31. The molecule has 29 heavy (non-hydrogen) atoms. The maximum atomic E-state index is 14.2. The van der Waals surface area contributed by atoms with Crippen molar-refractivity contribution >= 4 is 36.4 Å². The van der Waals surface area contributed by atoms with Crippen LogP contribution >= 0.6 is 24.8 Å². The number of amides is 1. The van der Waals surface area contributed by atoms with Crippen molar-refractivity contribution in [3.05, 3.63) is 47.9 Å². The minimum Gasteiger partial charge on any atom is -0.436 e. The smallest absolute Gasteiger partial charge is 0.417 e. The summed E-state index contributed by atoms with van der Waals surface area (Å²) in [7, 11) is 0. The lowest BCUT2D eigenvalue weighted by molar-refractivity contribution is -0.137. The molecule has 0 saturated carbocycles. The SMILES string of the molecule is Cl.Cl.O=C(Nc1ccc(Oc2ccc(C(F)(F)F)cn2)c(F)c1)C1CNCCO1. The van der Waals surface area contributed by atoms with Gasteiger partial charge in [0.05, 0.1) is 12.2 Å². The molecule has 0 spiro atoms. The molecule has 2 N–H and O–H groups in total. The lowest BCUT2D eigenvalue weighted by atomic mass is 10.2. The van der Waals surface area contributed by atoms with Crippen LogP contribution in [0.15, 0.2) is 36.5 Å². The summed E-state index contributed by atoms with van der Waals surface area (Å²) in [6, 6.07) is 5.45. The molecule has 1 aromatic carbocycles. The Hall–Kier alpha value is -2.14. The Labute approximate surface area is 175 Å². The van der Waals surface area contributed by atoms with Crippen molar-refractivity contribution < 1.29 is 31.8 Å². The van der Waals surface area contributed by atoms with E-state index >= 15 is 0 Å². The van der Waals surface area contributed by atoms with E-state index in [1.165, 1.54) is 12.1 Å². The van der Waals surface area contributed by atoms with Gasteiger partial charge in [-0.1, -0.05) is 0 Å². The van der Waals surface area contributed by atoms with E-state index in [-0.39, 0.29) is 42.1 Å². The number of pyridine rings is 1. The molecule has 3 rings (SSSR count). The molecule has 1 fully saturated rings. The van der Waals surface area contributed by atoms with E-state index < -0.39 is 29.6 Å². The number of nitrogens with one attached hydrogen (secondary N) is 2. The van der Waals surface area contributed by atoms with Gasteiger partial charge in [-0.25, -0.2) is 9.37 Å². The van der Waals surface area contributed by atoms with Crippen molar-refractivity contribution in [2.45, 2.75) is 12.3 Å². The first kappa shape index (κ1) is 24.9. The number of nitrogens with zero attached hydrogens (tertiary/aromatic N) is 1. The summed E-state index contributed by atoms with van der Waals surface area (Å²) < 4.78 is 62.1. The summed E-state index contributed by atoms with van der Waals surface area (Å²) >= 11 is 0. The second kappa shape index (κ2) is 10.6. The summed E-state index contributed by atoms with van der Waals surface area (Å²) in [4.78, 5) is 15.5. The van der Waals surface area contributed by atoms with Crippen molar-refractivity contribution in [3.63, 3.8) is 0 Å². The maximum absolute atomic E-state index is 14.2. The monoisotopic (exact) mass is 457 g/mol. The van der Waals surface area contributed by atoms with Crippen molar-refractivity contribution in [1.29, 1.82) is 0 Å². The van der Waals surface area contributed by atoms with Gasteiger partial charge in [-0.2, -0.15) is 13.2 Å². The number of halogens is 6. The van der Waals surface area contributed by atoms with Crippen LogP contribution in [0.3, 0.4) is 0 Å². The Morgan fingerprint density at radius 3 is 2.55 bits per heavy atom. The van der Waals surface area contributed by atoms with Gasteiger partial charge in [0.15, 0.2) is 11.6 Å². The summed E-state index contributed by atoms with van der Waals surface area (Å²) in [5.74, 6) is -1.66. The molecule has 1 saturated heterocycles. The standard InChI is InChI=1S/C17H15F4N3O3.2ClH/c18-12-7-11(24-16(25)14-9-22-5-6-26-14)2-3-13(12)27-15-4-1-10(8-23-15)17(19,20)21;;/h1-4,7-8,14,22H,5-6,9H2,(H,24,25);2*1H. The highest BCUT2D eigenvalue weighted by Gasteiger charge is 2.30. The molecule has 1 aromatic heterocycles. The van der Waals surface area contributed by atoms with E-state index in [4.69, 9.17) is 9.47 Å². The number of benzene rings is 1. The number of alkyl halides is 3. The summed E-state index contributed by atoms with van der Waals surface area (Å²) in [6.45, 7) is 1.41. The topological polar surface area (TPSA) is 72.5 Å². The zero-order valence-electron chi connectivity index (χ0n) is 14.7. The zero-order valence-corrected chi connectivity index (χ0v) is 16.3. The van der Waals surface area contributed by atoms with E-state index in [1.54, 1.807) is 0 Å². The minimum absolute atomic E-state index is 0. The Morgan fingerprint density at radius 1 is 1.24 bits per heavy atom. The molecule has 1 aliphatic heterocycles. The number of aromatic nitrogens is 1. The third-order valence-electron chi connectivity index (χ3n) is 3.70. The van der Waals surface area contributed by atoms with Crippen LogP contribution in [0, 0.1) is 5.82 Å². The molecule has 1 unspecified atom stereocenters. The summed E-state index contributed by atoms with van der Waals surface area (Å²) in [6.07, 6.45) is -4.59. The van der Waals surface area contributed by atoms with Crippen LogP contribution in [0.25, 0.3) is 0 Å². The number of morpholine rings is 1. The molecule has 160 valence electrons. The van der Waals surface area contributed by atoms with Crippen LogP contribution in [0.1, 0.15) is 5.56 Å². The first-order valence-electron chi connectivity index (χ1n) is 7.97. The van der Waals surface area contributed by atoms with Crippen LogP contribution in [0.5, 0.6) is 11.6 Å². The molecule has 1 amide bonds. The molecule has 2 aromatic rings. The maximum Gasteiger partial charge on any atom is 0.417 e. The van der Waals surface area contributed by atoms with E-state index in [1.807, 2.05) is 0 Å². The number of rotatable bonds is 4. The second-order valence-corrected chi connectivity index (χ2v) is 5.68. The van der Waals surface area contributed by atoms with Gasteiger partial charge in [-0.05, 0) is 18.2 Å². The van der Waals surface area contributed by atoms with Gasteiger partial charge in [-0.15, -0.1) is 24.8 Å². The molecule has 1 aliphatic rings. The number of ether oxygens (including phenoxy) is 2.